The lowest BCUT2D eigenvalue weighted by atomic mass is 9.88. The zero-order valence-corrected chi connectivity index (χ0v) is 12.6. The highest BCUT2D eigenvalue weighted by atomic mass is 15.1. The summed E-state index contributed by atoms with van der Waals surface area (Å²) in [5.74, 6) is 0.647. The van der Waals surface area contributed by atoms with Gasteiger partial charge in [0.15, 0.2) is 0 Å². The molecule has 1 nitrogen and oxygen atoms in total. The van der Waals surface area contributed by atoms with E-state index in [1.807, 2.05) is 0 Å². The Morgan fingerprint density at radius 1 is 1.11 bits per heavy atom. The Hall–Kier alpha value is -0.820. The van der Waals surface area contributed by atoms with Gasteiger partial charge in [-0.25, -0.2) is 0 Å². The van der Waals surface area contributed by atoms with Gasteiger partial charge in [0.05, 0.1) is 0 Å². The number of nitrogens with zero attached hydrogens (tertiary/aromatic N) is 1. The minimum atomic E-state index is 0.647. The minimum Gasteiger partial charge on any atom is -0.296 e. The van der Waals surface area contributed by atoms with Crippen molar-refractivity contribution in [3.63, 3.8) is 0 Å². The molecule has 0 aliphatic carbocycles. The Morgan fingerprint density at radius 2 is 1.83 bits per heavy atom. The quantitative estimate of drug-likeness (QED) is 0.773. The predicted octanol–water partition coefficient (Wildman–Crippen LogP) is 4.14. The van der Waals surface area contributed by atoms with Crippen LogP contribution in [-0.4, -0.2) is 17.5 Å². The normalized spacial score (nSPS) is 16.4. The smallest absolute Gasteiger partial charge is 0.0239 e. The summed E-state index contributed by atoms with van der Waals surface area (Å²) in [6.07, 6.45) is 2.37. The highest BCUT2D eigenvalue weighted by molar-refractivity contribution is 5.41. The van der Waals surface area contributed by atoms with E-state index >= 15 is 0 Å². The molecular formula is C17H27N. The third kappa shape index (κ3) is 2.61. The molecule has 0 saturated heterocycles. The third-order valence-corrected chi connectivity index (χ3v) is 4.24. The summed E-state index contributed by atoms with van der Waals surface area (Å²) in [5.41, 5.74) is 6.27. The van der Waals surface area contributed by atoms with Crippen LogP contribution >= 0.6 is 0 Å². The molecule has 0 unspecified atom stereocenters. The summed E-state index contributed by atoms with van der Waals surface area (Å²) >= 11 is 0. The summed E-state index contributed by atoms with van der Waals surface area (Å²) in [5, 5.41) is 0. The molecule has 1 heterocycles. The molecule has 0 atom stereocenters. The molecule has 1 heteroatoms. The van der Waals surface area contributed by atoms with Crippen LogP contribution in [0, 0.1) is 0 Å². The SMILES string of the molecule is CCc1cc2c(cc1C(C)C)CCN(C(C)C)C2. The van der Waals surface area contributed by atoms with Gasteiger partial charge < -0.3 is 0 Å². The van der Waals surface area contributed by atoms with Crippen LogP contribution in [0.5, 0.6) is 0 Å². The van der Waals surface area contributed by atoms with Crippen molar-refractivity contribution in [2.75, 3.05) is 6.54 Å². The Labute approximate surface area is 112 Å². The lowest BCUT2D eigenvalue weighted by Gasteiger charge is -2.33. The van der Waals surface area contributed by atoms with E-state index in [4.69, 9.17) is 0 Å². The van der Waals surface area contributed by atoms with E-state index in [1.54, 1.807) is 22.3 Å². The molecular weight excluding hydrogens is 218 g/mol. The maximum atomic E-state index is 2.58. The highest BCUT2D eigenvalue weighted by Crippen LogP contribution is 2.28. The minimum absolute atomic E-state index is 0.647. The average molecular weight is 245 g/mol. The highest BCUT2D eigenvalue weighted by Gasteiger charge is 2.20. The first-order valence-corrected chi connectivity index (χ1v) is 7.41. The standard InChI is InChI=1S/C17H27N/c1-6-14-9-16-11-18(13(4)5)8-7-15(16)10-17(14)12(2)3/h9-10,12-13H,6-8,11H2,1-5H3. The van der Waals surface area contributed by atoms with E-state index in [9.17, 15) is 0 Å². The predicted molar refractivity (Wildman–Crippen MR) is 79.2 cm³/mol. The molecule has 18 heavy (non-hydrogen) atoms. The van der Waals surface area contributed by atoms with Crippen molar-refractivity contribution in [3.8, 4) is 0 Å². The first kappa shape index (κ1) is 13.6. The van der Waals surface area contributed by atoms with Gasteiger partial charge in [-0.3, -0.25) is 4.90 Å². The first-order valence-electron chi connectivity index (χ1n) is 7.41. The van der Waals surface area contributed by atoms with Crippen LogP contribution < -0.4 is 0 Å². The van der Waals surface area contributed by atoms with Crippen LogP contribution in [0.1, 0.15) is 62.8 Å². The molecule has 1 aliphatic rings. The molecule has 0 spiro atoms. The van der Waals surface area contributed by atoms with Gasteiger partial charge in [-0.05, 0) is 54.9 Å². The maximum absolute atomic E-state index is 2.58. The van der Waals surface area contributed by atoms with E-state index in [-0.39, 0.29) is 0 Å². The fraction of sp³-hybridized carbons (Fsp3) is 0.647. The van der Waals surface area contributed by atoms with Crippen molar-refractivity contribution in [2.24, 2.45) is 0 Å². The van der Waals surface area contributed by atoms with Crippen LogP contribution in [0.3, 0.4) is 0 Å². The number of aryl methyl sites for hydroxylation is 1. The van der Waals surface area contributed by atoms with Gasteiger partial charge in [-0.2, -0.15) is 0 Å². The average Bonchev–Trinajstić information content (AvgIpc) is 2.36. The van der Waals surface area contributed by atoms with Crippen molar-refractivity contribution >= 4 is 0 Å². The molecule has 0 fully saturated rings. The van der Waals surface area contributed by atoms with Crippen LogP contribution in [0.15, 0.2) is 12.1 Å². The Bertz CT molecular complexity index is 418. The Morgan fingerprint density at radius 3 is 2.39 bits per heavy atom. The molecule has 0 bridgehead atoms. The van der Waals surface area contributed by atoms with Crippen LogP contribution in [0.4, 0.5) is 0 Å². The van der Waals surface area contributed by atoms with Crippen molar-refractivity contribution in [2.45, 2.75) is 66.0 Å². The van der Waals surface area contributed by atoms with Crippen molar-refractivity contribution in [1.29, 1.82) is 0 Å². The van der Waals surface area contributed by atoms with Crippen LogP contribution in [0.2, 0.25) is 0 Å². The maximum Gasteiger partial charge on any atom is 0.0239 e. The number of hydrogen-bond donors (Lipinski definition) is 0. The monoisotopic (exact) mass is 245 g/mol. The van der Waals surface area contributed by atoms with Crippen molar-refractivity contribution in [3.05, 3.63) is 34.4 Å². The molecule has 0 aromatic heterocycles. The van der Waals surface area contributed by atoms with Gasteiger partial charge in [0.1, 0.15) is 0 Å². The molecule has 1 aliphatic heterocycles. The van der Waals surface area contributed by atoms with E-state index < -0.39 is 0 Å². The Kier molecular flexibility index (Phi) is 4.11. The van der Waals surface area contributed by atoms with Gasteiger partial charge in [0.25, 0.3) is 0 Å². The Balaban J connectivity index is 2.35. The van der Waals surface area contributed by atoms with Crippen molar-refractivity contribution < 1.29 is 0 Å². The molecule has 2 rings (SSSR count). The van der Waals surface area contributed by atoms with Crippen LogP contribution in [-0.2, 0) is 19.4 Å². The van der Waals surface area contributed by atoms with Crippen molar-refractivity contribution in [1.82, 2.24) is 4.90 Å². The van der Waals surface area contributed by atoms with Gasteiger partial charge in [0.2, 0.25) is 0 Å². The molecule has 1 aromatic carbocycles. The second kappa shape index (κ2) is 5.44. The summed E-state index contributed by atoms with van der Waals surface area (Å²) < 4.78 is 0. The van der Waals surface area contributed by atoms with Gasteiger partial charge >= 0.3 is 0 Å². The van der Waals surface area contributed by atoms with E-state index in [0.717, 1.165) is 13.0 Å². The van der Waals surface area contributed by atoms with Crippen LogP contribution in [0.25, 0.3) is 0 Å². The molecule has 0 N–H and O–H groups in total. The second-order valence-corrected chi connectivity index (χ2v) is 6.14. The molecule has 0 radical (unpaired) electrons. The number of hydrogen-bond acceptors (Lipinski definition) is 1. The summed E-state index contributed by atoms with van der Waals surface area (Å²) in [7, 11) is 0. The topological polar surface area (TPSA) is 3.24 Å². The largest absolute Gasteiger partial charge is 0.296 e. The lowest BCUT2D eigenvalue weighted by molar-refractivity contribution is 0.203. The molecule has 100 valence electrons. The summed E-state index contributed by atoms with van der Waals surface area (Å²) in [6.45, 7) is 13.8. The fourth-order valence-corrected chi connectivity index (χ4v) is 2.99. The summed E-state index contributed by atoms with van der Waals surface area (Å²) in [6, 6.07) is 5.61. The zero-order valence-electron chi connectivity index (χ0n) is 12.6. The fourth-order valence-electron chi connectivity index (χ4n) is 2.99. The first-order chi connectivity index (χ1) is 8.52. The lowest BCUT2D eigenvalue weighted by Crippen LogP contribution is -2.36. The second-order valence-electron chi connectivity index (χ2n) is 6.14. The summed E-state index contributed by atoms with van der Waals surface area (Å²) in [4.78, 5) is 2.58. The zero-order chi connectivity index (χ0) is 13.3. The van der Waals surface area contributed by atoms with Gasteiger partial charge in [-0.15, -0.1) is 0 Å². The third-order valence-electron chi connectivity index (χ3n) is 4.24. The van der Waals surface area contributed by atoms with E-state index in [1.165, 1.54) is 13.0 Å². The molecule has 0 saturated carbocycles. The van der Waals surface area contributed by atoms with Gasteiger partial charge in [0, 0.05) is 19.1 Å². The molecule has 0 amide bonds. The van der Waals surface area contributed by atoms with E-state index in [2.05, 4.69) is 51.7 Å². The number of rotatable bonds is 3. The molecule has 1 aromatic rings. The van der Waals surface area contributed by atoms with Gasteiger partial charge in [-0.1, -0.05) is 32.9 Å². The van der Waals surface area contributed by atoms with E-state index in [0.29, 0.717) is 12.0 Å². The number of benzene rings is 1. The number of fused-ring (bicyclic) bond motifs is 1.